The van der Waals surface area contributed by atoms with Gasteiger partial charge in [-0.05, 0) is 73.7 Å². The van der Waals surface area contributed by atoms with Gasteiger partial charge < -0.3 is 4.74 Å². The summed E-state index contributed by atoms with van der Waals surface area (Å²) in [5.74, 6) is 1.36. The number of carbonyl (C=O) groups is 2. The molecule has 4 rings (SSSR count). The van der Waals surface area contributed by atoms with Gasteiger partial charge >= 0.3 is 5.97 Å². The molecule has 1 saturated heterocycles. The molecule has 3 atom stereocenters. The SMILES string of the molecule is C/C=C/C=C/C(=O)Oc1ccc2c(c1)[C@]1(C)CCN(CC3CC3)[C@H](C2=O)[C@@H]1C. The normalized spacial score (nSPS) is 30.0. The van der Waals surface area contributed by atoms with Gasteiger partial charge in [0, 0.05) is 18.2 Å². The van der Waals surface area contributed by atoms with Crippen molar-refractivity contribution < 1.29 is 14.3 Å². The molecule has 1 aliphatic heterocycles. The van der Waals surface area contributed by atoms with E-state index in [4.69, 9.17) is 4.74 Å². The predicted molar refractivity (Wildman–Crippen MR) is 110 cm³/mol. The van der Waals surface area contributed by atoms with E-state index in [1.54, 1.807) is 18.2 Å². The predicted octanol–water partition coefficient (Wildman–Crippen LogP) is 4.30. The number of benzene rings is 1. The maximum absolute atomic E-state index is 13.3. The van der Waals surface area contributed by atoms with Crippen molar-refractivity contribution in [3.8, 4) is 5.75 Å². The van der Waals surface area contributed by atoms with E-state index in [1.165, 1.54) is 18.9 Å². The van der Waals surface area contributed by atoms with Gasteiger partial charge in [0.2, 0.25) is 0 Å². The number of fused-ring (bicyclic) bond motifs is 4. The van der Waals surface area contributed by atoms with Gasteiger partial charge in [-0.1, -0.05) is 32.1 Å². The molecule has 0 N–H and O–H groups in total. The van der Waals surface area contributed by atoms with Gasteiger partial charge in [0.05, 0.1) is 6.04 Å². The van der Waals surface area contributed by atoms with Gasteiger partial charge in [-0.2, -0.15) is 0 Å². The minimum Gasteiger partial charge on any atom is -0.423 e. The lowest BCUT2D eigenvalue weighted by atomic mass is 9.58. The summed E-state index contributed by atoms with van der Waals surface area (Å²) in [5.41, 5.74) is 1.77. The Hall–Kier alpha value is -2.20. The second kappa shape index (κ2) is 7.32. The highest BCUT2D eigenvalue weighted by atomic mass is 16.5. The summed E-state index contributed by atoms with van der Waals surface area (Å²) in [7, 11) is 0. The van der Waals surface area contributed by atoms with Gasteiger partial charge in [0.25, 0.3) is 0 Å². The number of rotatable bonds is 5. The van der Waals surface area contributed by atoms with E-state index < -0.39 is 5.97 Å². The molecule has 28 heavy (non-hydrogen) atoms. The lowest BCUT2D eigenvalue weighted by Crippen LogP contribution is -2.61. The second-order valence-corrected chi connectivity index (χ2v) is 8.72. The molecular formula is C24H29NO3. The van der Waals surface area contributed by atoms with Crippen LogP contribution in [0, 0.1) is 11.8 Å². The number of esters is 1. The average molecular weight is 380 g/mol. The Labute approximate surface area is 167 Å². The molecule has 0 aromatic heterocycles. The van der Waals surface area contributed by atoms with Crippen molar-refractivity contribution in [1.29, 1.82) is 0 Å². The fourth-order valence-corrected chi connectivity index (χ4v) is 4.85. The highest BCUT2D eigenvalue weighted by Gasteiger charge is 2.52. The lowest BCUT2D eigenvalue weighted by molar-refractivity contribution is -0.129. The summed E-state index contributed by atoms with van der Waals surface area (Å²) in [6, 6.07) is 5.49. The van der Waals surface area contributed by atoms with E-state index in [2.05, 4.69) is 18.7 Å². The second-order valence-electron chi connectivity index (χ2n) is 8.72. The number of allylic oxidation sites excluding steroid dienone is 3. The van der Waals surface area contributed by atoms with Gasteiger partial charge in [-0.15, -0.1) is 0 Å². The number of Topliss-reactive ketones (excluding diaryl/α,β-unsaturated/α-hetero) is 1. The lowest BCUT2D eigenvalue weighted by Gasteiger charge is -2.53. The summed E-state index contributed by atoms with van der Waals surface area (Å²) in [6.45, 7) is 8.38. The summed E-state index contributed by atoms with van der Waals surface area (Å²) in [4.78, 5) is 27.8. The van der Waals surface area contributed by atoms with Crippen molar-refractivity contribution in [1.82, 2.24) is 4.90 Å². The number of ether oxygens (including phenoxy) is 1. The molecule has 2 aliphatic carbocycles. The van der Waals surface area contributed by atoms with Crippen LogP contribution in [-0.2, 0) is 10.2 Å². The zero-order valence-corrected chi connectivity index (χ0v) is 17.0. The highest BCUT2D eigenvalue weighted by Crippen LogP contribution is 2.50. The van der Waals surface area contributed by atoms with E-state index >= 15 is 0 Å². The van der Waals surface area contributed by atoms with Crippen LogP contribution in [-0.4, -0.2) is 35.8 Å². The fraction of sp³-hybridized carbons (Fsp3) is 0.500. The van der Waals surface area contributed by atoms with Crippen LogP contribution in [0.4, 0.5) is 0 Å². The monoisotopic (exact) mass is 379 g/mol. The summed E-state index contributed by atoms with van der Waals surface area (Å²) in [5, 5.41) is 0. The number of ketones is 1. The standard InChI is InChI=1S/C24H29NO3/c1-4-5-6-7-21(26)28-18-10-11-19-20(14-18)24(3)12-13-25(15-17-8-9-17)22(16(24)2)23(19)27/h4-7,10-11,14,16-17,22H,8-9,12-13,15H2,1-3H3/b5-4+,7-6+/t16-,22-,24+/m0/s1. The molecule has 0 radical (unpaired) electrons. The maximum Gasteiger partial charge on any atom is 0.336 e. The zero-order chi connectivity index (χ0) is 19.9. The molecule has 0 spiro atoms. The van der Waals surface area contributed by atoms with E-state index in [9.17, 15) is 9.59 Å². The number of piperidine rings is 1. The first-order valence-corrected chi connectivity index (χ1v) is 10.4. The van der Waals surface area contributed by atoms with Crippen LogP contribution in [0.5, 0.6) is 5.75 Å². The Morgan fingerprint density at radius 2 is 2.11 bits per heavy atom. The third-order valence-electron chi connectivity index (χ3n) is 6.87. The molecule has 4 heteroatoms. The number of hydrogen-bond donors (Lipinski definition) is 0. The van der Waals surface area contributed by atoms with Crippen LogP contribution in [0.25, 0.3) is 0 Å². The van der Waals surface area contributed by atoms with Gasteiger partial charge in [-0.25, -0.2) is 4.79 Å². The smallest absolute Gasteiger partial charge is 0.336 e. The Morgan fingerprint density at radius 3 is 2.82 bits per heavy atom. The first-order valence-electron chi connectivity index (χ1n) is 10.4. The molecule has 148 valence electrons. The van der Waals surface area contributed by atoms with Crippen molar-refractivity contribution in [2.75, 3.05) is 13.1 Å². The van der Waals surface area contributed by atoms with Crippen LogP contribution in [0.15, 0.2) is 42.5 Å². The molecule has 3 aliphatic rings. The van der Waals surface area contributed by atoms with Crippen LogP contribution in [0.1, 0.15) is 56.0 Å². The third kappa shape index (κ3) is 3.35. The van der Waals surface area contributed by atoms with E-state index in [0.717, 1.165) is 36.6 Å². The van der Waals surface area contributed by atoms with Crippen molar-refractivity contribution >= 4 is 11.8 Å². The van der Waals surface area contributed by atoms with Crippen molar-refractivity contribution in [3.05, 3.63) is 53.6 Å². The minimum absolute atomic E-state index is 0.0241. The number of hydrogen-bond acceptors (Lipinski definition) is 4. The molecule has 1 saturated carbocycles. The molecule has 1 heterocycles. The Kier molecular flexibility index (Phi) is 5.00. The van der Waals surface area contributed by atoms with E-state index in [1.807, 2.05) is 25.1 Å². The van der Waals surface area contributed by atoms with E-state index in [0.29, 0.717) is 5.75 Å². The third-order valence-corrected chi connectivity index (χ3v) is 6.87. The van der Waals surface area contributed by atoms with Gasteiger partial charge in [-0.3, -0.25) is 9.69 Å². The molecule has 0 amide bonds. The molecule has 0 unspecified atom stereocenters. The summed E-state index contributed by atoms with van der Waals surface area (Å²) < 4.78 is 5.48. The topological polar surface area (TPSA) is 46.6 Å². The van der Waals surface area contributed by atoms with Crippen LogP contribution < -0.4 is 4.74 Å². The number of carbonyl (C=O) groups excluding carboxylic acids is 2. The fourth-order valence-electron chi connectivity index (χ4n) is 4.85. The first-order chi connectivity index (χ1) is 13.4. The maximum atomic E-state index is 13.3. The number of nitrogens with zero attached hydrogens (tertiary/aromatic N) is 1. The summed E-state index contributed by atoms with van der Waals surface area (Å²) in [6.07, 6.45) is 10.3. The Bertz CT molecular complexity index is 851. The number of likely N-dealkylation sites (tertiary alicyclic amines) is 1. The molecular weight excluding hydrogens is 350 g/mol. The largest absolute Gasteiger partial charge is 0.423 e. The van der Waals surface area contributed by atoms with Crippen LogP contribution in [0.3, 0.4) is 0 Å². The zero-order valence-electron chi connectivity index (χ0n) is 17.0. The van der Waals surface area contributed by atoms with Crippen molar-refractivity contribution in [3.63, 3.8) is 0 Å². The van der Waals surface area contributed by atoms with Crippen LogP contribution in [0.2, 0.25) is 0 Å². The van der Waals surface area contributed by atoms with Crippen LogP contribution >= 0.6 is 0 Å². The van der Waals surface area contributed by atoms with E-state index in [-0.39, 0.29) is 23.2 Å². The Balaban J connectivity index is 1.62. The van der Waals surface area contributed by atoms with Crippen molar-refractivity contribution in [2.24, 2.45) is 11.8 Å². The molecule has 2 bridgehead atoms. The Morgan fingerprint density at radius 1 is 1.32 bits per heavy atom. The highest BCUT2D eigenvalue weighted by molar-refractivity contribution is 6.04. The minimum atomic E-state index is -0.407. The quantitative estimate of drug-likeness (QED) is 0.331. The molecule has 2 fully saturated rings. The molecule has 1 aromatic rings. The van der Waals surface area contributed by atoms with Crippen molar-refractivity contribution in [2.45, 2.75) is 51.5 Å². The molecule has 4 nitrogen and oxygen atoms in total. The van der Waals surface area contributed by atoms with Gasteiger partial charge in [0.1, 0.15) is 5.75 Å². The first kappa shape index (κ1) is 19.1. The summed E-state index contributed by atoms with van der Waals surface area (Å²) >= 11 is 0. The average Bonchev–Trinajstić information content (AvgIpc) is 3.48. The van der Waals surface area contributed by atoms with Gasteiger partial charge in [0.15, 0.2) is 5.78 Å². The molecule has 1 aromatic carbocycles.